The van der Waals surface area contributed by atoms with Crippen LogP contribution in [0.3, 0.4) is 0 Å². The Labute approximate surface area is 90.0 Å². The maximum Gasteiger partial charge on any atom is 0.239 e. The number of hydrogen-bond acceptors (Lipinski definition) is 3. The van der Waals surface area contributed by atoms with Crippen molar-refractivity contribution >= 4 is 5.91 Å². The average molecular weight is 210 g/mol. The van der Waals surface area contributed by atoms with Crippen LogP contribution >= 0.6 is 0 Å². The molecule has 3 atom stereocenters. The summed E-state index contributed by atoms with van der Waals surface area (Å²) in [5, 5.41) is 3.28. The molecule has 3 aliphatic rings. The molecule has 3 rings (SSSR count). The van der Waals surface area contributed by atoms with Gasteiger partial charge in [0.2, 0.25) is 5.91 Å². The Morgan fingerprint density at radius 3 is 2.60 bits per heavy atom. The van der Waals surface area contributed by atoms with E-state index in [4.69, 9.17) is 4.74 Å². The molecule has 0 aliphatic carbocycles. The predicted octanol–water partition coefficient (Wildman–Crippen LogP) is -0.157. The molecular weight excluding hydrogens is 192 g/mol. The Kier molecular flexibility index (Phi) is 2.41. The Hall–Kier alpha value is -0.610. The first kappa shape index (κ1) is 9.60. The molecule has 0 radical (unpaired) electrons. The summed E-state index contributed by atoms with van der Waals surface area (Å²) in [6.45, 7) is 4.54. The molecule has 0 saturated carbocycles. The highest BCUT2D eigenvalue weighted by Gasteiger charge is 2.40. The van der Waals surface area contributed by atoms with E-state index in [2.05, 4.69) is 5.32 Å². The van der Waals surface area contributed by atoms with Crippen molar-refractivity contribution in [1.29, 1.82) is 0 Å². The van der Waals surface area contributed by atoms with Gasteiger partial charge < -0.3 is 15.0 Å². The number of amides is 1. The van der Waals surface area contributed by atoms with Crippen LogP contribution in [0.4, 0.5) is 0 Å². The van der Waals surface area contributed by atoms with Gasteiger partial charge in [-0.3, -0.25) is 4.79 Å². The third-order valence-electron chi connectivity index (χ3n) is 3.91. The third kappa shape index (κ3) is 1.66. The van der Waals surface area contributed by atoms with E-state index >= 15 is 0 Å². The number of rotatable bonds is 1. The lowest BCUT2D eigenvalue weighted by Crippen LogP contribution is -2.43. The summed E-state index contributed by atoms with van der Waals surface area (Å²) in [6.07, 6.45) is 2.15. The van der Waals surface area contributed by atoms with Crippen molar-refractivity contribution in [2.24, 2.45) is 11.8 Å². The third-order valence-corrected chi connectivity index (χ3v) is 3.91. The summed E-state index contributed by atoms with van der Waals surface area (Å²) < 4.78 is 5.41. The fourth-order valence-corrected chi connectivity index (χ4v) is 2.98. The van der Waals surface area contributed by atoms with Crippen LogP contribution in [0.1, 0.15) is 12.8 Å². The van der Waals surface area contributed by atoms with Crippen molar-refractivity contribution in [3.63, 3.8) is 0 Å². The quantitative estimate of drug-likeness (QED) is 0.654. The Morgan fingerprint density at radius 1 is 1.27 bits per heavy atom. The molecule has 0 aromatic carbocycles. The zero-order valence-electron chi connectivity index (χ0n) is 8.95. The smallest absolute Gasteiger partial charge is 0.239 e. The standard InChI is InChI=1S/C11H18N2O2/c14-11(10-2-1-3-12-10)13-4-8-6-15-7-9(8)5-13/h8-10,12H,1-7H2/t8-,9-,10+/m1/s1. The lowest BCUT2D eigenvalue weighted by Gasteiger charge is -2.21. The minimum Gasteiger partial charge on any atom is -0.381 e. The molecule has 0 aromatic heterocycles. The molecule has 4 heteroatoms. The van der Waals surface area contributed by atoms with Gasteiger partial charge in [-0.25, -0.2) is 0 Å². The monoisotopic (exact) mass is 210 g/mol. The van der Waals surface area contributed by atoms with Gasteiger partial charge in [0.25, 0.3) is 0 Å². The minimum absolute atomic E-state index is 0.102. The summed E-state index contributed by atoms with van der Waals surface area (Å²) in [4.78, 5) is 14.1. The van der Waals surface area contributed by atoms with Crippen LogP contribution in [-0.4, -0.2) is 49.7 Å². The summed E-state index contributed by atoms with van der Waals surface area (Å²) in [5.74, 6) is 1.53. The Balaban J connectivity index is 1.61. The lowest BCUT2D eigenvalue weighted by atomic mass is 10.0. The largest absolute Gasteiger partial charge is 0.381 e. The predicted molar refractivity (Wildman–Crippen MR) is 55.4 cm³/mol. The van der Waals surface area contributed by atoms with Crippen molar-refractivity contribution < 1.29 is 9.53 Å². The van der Waals surface area contributed by atoms with Crippen LogP contribution in [0.25, 0.3) is 0 Å². The van der Waals surface area contributed by atoms with Crippen LogP contribution < -0.4 is 5.32 Å². The second kappa shape index (κ2) is 3.76. The Bertz CT molecular complexity index is 251. The van der Waals surface area contributed by atoms with Crippen molar-refractivity contribution in [3.8, 4) is 0 Å². The van der Waals surface area contributed by atoms with Gasteiger partial charge >= 0.3 is 0 Å². The fraction of sp³-hybridized carbons (Fsp3) is 0.909. The van der Waals surface area contributed by atoms with Gasteiger partial charge in [-0.2, -0.15) is 0 Å². The summed E-state index contributed by atoms with van der Waals surface area (Å²) in [6, 6.07) is 0.102. The van der Waals surface area contributed by atoms with Crippen molar-refractivity contribution in [2.75, 3.05) is 32.8 Å². The van der Waals surface area contributed by atoms with Crippen molar-refractivity contribution in [3.05, 3.63) is 0 Å². The van der Waals surface area contributed by atoms with Gasteiger partial charge in [0.05, 0.1) is 19.3 Å². The van der Waals surface area contributed by atoms with E-state index in [0.29, 0.717) is 17.7 Å². The number of carbonyl (C=O) groups is 1. The highest BCUT2D eigenvalue weighted by Crippen LogP contribution is 2.29. The highest BCUT2D eigenvalue weighted by molar-refractivity contribution is 5.82. The fourth-order valence-electron chi connectivity index (χ4n) is 2.98. The molecule has 0 aromatic rings. The van der Waals surface area contributed by atoms with E-state index in [-0.39, 0.29) is 6.04 Å². The molecule has 1 N–H and O–H groups in total. The molecule has 3 heterocycles. The molecule has 0 spiro atoms. The van der Waals surface area contributed by atoms with Crippen LogP contribution in [-0.2, 0) is 9.53 Å². The van der Waals surface area contributed by atoms with Gasteiger partial charge in [0.15, 0.2) is 0 Å². The second-order valence-electron chi connectivity index (χ2n) is 4.95. The number of carbonyl (C=O) groups excluding carboxylic acids is 1. The maximum atomic E-state index is 12.1. The van der Waals surface area contributed by atoms with Crippen LogP contribution in [0.5, 0.6) is 0 Å². The van der Waals surface area contributed by atoms with E-state index in [9.17, 15) is 4.79 Å². The van der Waals surface area contributed by atoms with E-state index in [1.165, 1.54) is 0 Å². The average Bonchev–Trinajstić information content (AvgIpc) is 2.92. The van der Waals surface area contributed by atoms with Crippen LogP contribution in [0, 0.1) is 11.8 Å². The number of ether oxygens (including phenoxy) is 1. The molecule has 84 valence electrons. The van der Waals surface area contributed by atoms with Crippen molar-refractivity contribution in [1.82, 2.24) is 10.2 Å². The first-order valence-corrected chi connectivity index (χ1v) is 5.94. The molecule has 0 unspecified atom stereocenters. The van der Waals surface area contributed by atoms with Gasteiger partial charge in [-0.15, -0.1) is 0 Å². The van der Waals surface area contributed by atoms with Crippen LogP contribution in [0.2, 0.25) is 0 Å². The number of nitrogens with zero attached hydrogens (tertiary/aromatic N) is 1. The zero-order valence-corrected chi connectivity index (χ0v) is 8.95. The van der Waals surface area contributed by atoms with Gasteiger partial charge in [-0.05, 0) is 19.4 Å². The van der Waals surface area contributed by atoms with Crippen molar-refractivity contribution in [2.45, 2.75) is 18.9 Å². The molecular formula is C11H18N2O2. The topological polar surface area (TPSA) is 41.6 Å². The van der Waals surface area contributed by atoms with Gasteiger partial charge in [0.1, 0.15) is 0 Å². The van der Waals surface area contributed by atoms with E-state index in [1.807, 2.05) is 4.90 Å². The molecule has 3 fully saturated rings. The zero-order chi connectivity index (χ0) is 10.3. The number of fused-ring (bicyclic) bond motifs is 1. The number of likely N-dealkylation sites (tertiary alicyclic amines) is 1. The first-order chi connectivity index (χ1) is 7.34. The minimum atomic E-state index is 0.102. The second-order valence-corrected chi connectivity index (χ2v) is 4.95. The summed E-state index contributed by atoms with van der Waals surface area (Å²) in [5.41, 5.74) is 0. The number of nitrogens with one attached hydrogen (secondary N) is 1. The van der Waals surface area contributed by atoms with Crippen LogP contribution in [0.15, 0.2) is 0 Å². The molecule has 0 bridgehead atoms. The normalized spacial score (nSPS) is 39.7. The molecule has 3 aliphatic heterocycles. The number of hydrogen-bond donors (Lipinski definition) is 1. The van der Waals surface area contributed by atoms with E-state index in [1.54, 1.807) is 0 Å². The summed E-state index contributed by atoms with van der Waals surface area (Å²) in [7, 11) is 0. The Morgan fingerprint density at radius 2 is 2.00 bits per heavy atom. The molecule has 4 nitrogen and oxygen atoms in total. The highest BCUT2D eigenvalue weighted by atomic mass is 16.5. The van der Waals surface area contributed by atoms with E-state index in [0.717, 1.165) is 45.7 Å². The maximum absolute atomic E-state index is 12.1. The van der Waals surface area contributed by atoms with Gasteiger partial charge in [0, 0.05) is 24.9 Å². The molecule has 15 heavy (non-hydrogen) atoms. The van der Waals surface area contributed by atoms with Gasteiger partial charge in [-0.1, -0.05) is 0 Å². The molecule has 3 saturated heterocycles. The van der Waals surface area contributed by atoms with E-state index < -0.39 is 0 Å². The molecule has 1 amide bonds. The first-order valence-electron chi connectivity index (χ1n) is 5.94. The SMILES string of the molecule is O=C([C@@H]1CCCN1)N1C[C@@H]2COC[C@H]2C1. The summed E-state index contributed by atoms with van der Waals surface area (Å²) >= 11 is 0. The lowest BCUT2D eigenvalue weighted by molar-refractivity contribution is -0.132.